The summed E-state index contributed by atoms with van der Waals surface area (Å²) in [6.45, 7) is 2.18. The Morgan fingerprint density at radius 2 is 1.84 bits per heavy atom. The van der Waals surface area contributed by atoms with Crippen LogP contribution < -0.4 is 10.2 Å². The minimum atomic E-state index is -0.473. The highest BCUT2D eigenvalue weighted by Gasteiger charge is 2.25. The Hall–Kier alpha value is -2.69. The zero-order valence-corrected chi connectivity index (χ0v) is 19.2. The Morgan fingerprint density at radius 3 is 2.56 bits per heavy atom. The highest BCUT2D eigenvalue weighted by molar-refractivity contribution is 8.01. The van der Waals surface area contributed by atoms with Crippen molar-refractivity contribution in [2.75, 3.05) is 42.1 Å². The number of nitrogens with zero attached hydrogens (tertiary/aromatic N) is 4. The van der Waals surface area contributed by atoms with E-state index in [1.807, 2.05) is 30.3 Å². The number of piperazine rings is 1. The lowest BCUT2D eigenvalue weighted by Gasteiger charge is -2.34. The van der Waals surface area contributed by atoms with Gasteiger partial charge < -0.3 is 15.1 Å². The third-order valence-corrected chi connectivity index (χ3v) is 7.21. The molecule has 0 radical (unpaired) electrons. The molecule has 2 amide bonds. The van der Waals surface area contributed by atoms with Crippen molar-refractivity contribution in [3.63, 3.8) is 0 Å². The summed E-state index contributed by atoms with van der Waals surface area (Å²) in [6, 6.07) is 13.1. The van der Waals surface area contributed by atoms with Crippen LogP contribution in [0.15, 0.2) is 52.9 Å². The van der Waals surface area contributed by atoms with E-state index in [1.165, 1.54) is 35.2 Å². The fraction of sp³-hybridized carbons (Fsp3) is 0.238. The molecule has 4 rings (SSSR count). The molecule has 1 N–H and O–H groups in total. The molecule has 0 saturated carbocycles. The van der Waals surface area contributed by atoms with E-state index in [0.717, 1.165) is 16.9 Å². The summed E-state index contributed by atoms with van der Waals surface area (Å²) in [6.07, 6.45) is 0. The fourth-order valence-corrected chi connectivity index (χ4v) is 5.11. The van der Waals surface area contributed by atoms with Gasteiger partial charge in [-0.05, 0) is 30.3 Å². The van der Waals surface area contributed by atoms with Crippen molar-refractivity contribution in [3.8, 4) is 0 Å². The number of carbonyl (C=O) groups is 2. The van der Waals surface area contributed by atoms with Crippen molar-refractivity contribution in [2.45, 2.75) is 4.34 Å². The average molecular weight is 492 g/mol. The predicted molar refractivity (Wildman–Crippen MR) is 125 cm³/mol. The summed E-state index contributed by atoms with van der Waals surface area (Å²) in [5.74, 6) is -0.555. The van der Waals surface area contributed by atoms with Gasteiger partial charge in [-0.15, -0.1) is 10.2 Å². The second-order valence-corrected chi connectivity index (χ2v) is 9.54. The largest absolute Gasteiger partial charge is 0.343 e. The summed E-state index contributed by atoms with van der Waals surface area (Å²) >= 11 is 8.78. The SMILES string of the molecule is O=C(CSc1nnc(N2CCN(C(=O)c3ccc(F)cc3Cl)CC2)s1)Nc1ccccc1. The lowest BCUT2D eigenvalue weighted by Crippen LogP contribution is -2.48. The van der Waals surface area contributed by atoms with E-state index < -0.39 is 5.82 Å². The number of hydrogen-bond donors (Lipinski definition) is 1. The Morgan fingerprint density at radius 1 is 1.09 bits per heavy atom. The predicted octanol–water partition coefficient (Wildman–Crippen LogP) is 4.02. The molecule has 0 aliphatic carbocycles. The van der Waals surface area contributed by atoms with Crippen LogP contribution in [0.1, 0.15) is 10.4 Å². The number of thioether (sulfide) groups is 1. The van der Waals surface area contributed by atoms with Gasteiger partial charge in [0.05, 0.1) is 16.3 Å². The molecule has 2 heterocycles. The normalized spacial score (nSPS) is 13.8. The van der Waals surface area contributed by atoms with Crippen molar-refractivity contribution < 1.29 is 14.0 Å². The van der Waals surface area contributed by atoms with Crippen molar-refractivity contribution in [1.82, 2.24) is 15.1 Å². The molecule has 166 valence electrons. The van der Waals surface area contributed by atoms with Crippen LogP contribution in [-0.4, -0.2) is 58.8 Å². The van der Waals surface area contributed by atoms with E-state index in [9.17, 15) is 14.0 Å². The number of aromatic nitrogens is 2. The molecule has 1 aliphatic rings. The Kier molecular flexibility index (Phi) is 7.23. The Labute approximate surface area is 197 Å². The van der Waals surface area contributed by atoms with Gasteiger partial charge in [-0.1, -0.05) is 52.9 Å². The number of hydrogen-bond acceptors (Lipinski definition) is 7. The Balaban J connectivity index is 1.27. The van der Waals surface area contributed by atoms with E-state index in [2.05, 4.69) is 20.4 Å². The quantitative estimate of drug-likeness (QED) is 0.525. The van der Waals surface area contributed by atoms with E-state index in [-0.39, 0.29) is 22.6 Å². The molecule has 2 aromatic carbocycles. The molecular weight excluding hydrogens is 473 g/mol. The molecule has 0 bridgehead atoms. The van der Waals surface area contributed by atoms with E-state index in [4.69, 9.17) is 11.6 Å². The zero-order valence-electron chi connectivity index (χ0n) is 16.8. The molecule has 1 saturated heterocycles. The van der Waals surface area contributed by atoms with Crippen LogP contribution >= 0.6 is 34.7 Å². The fourth-order valence-electron chi connectivity index (χ4n) is 3.17. The molecule has 1 aliphatic heterocycles. The van der Waals surface area contributed by atoms with Gasteiger partial charge in [-0.3, -0.25) is 9.59 Å². The molecule has 1 aromatic heterocycles. The number of nitrogens with one attached hydrogen (secondary N) is 1. The summed E-state index contributed by atoms with van der Waals surface area (Å²) in [5, 5.41) is 12.1. The number of rotatable bonds is 6. The van der Waals surface area contributed by atoms with Gasteiger partial charge in [-0.2, -0.15) is 0 Å². The summed E-state index contributed by atoms with van der Waals surface area (Å²) in [5.41, 5.74) is 1.05. The third-order valence-electron chi connectivity index (χ3n) is 4.78. The van der Waals surface area contributed by atoms with Crippen LogP contribution in [0.5, 0.6) is 0 Å². The maximum Gasteiger partial charge on any atom is 0.255 e. The molecule has 1 fully saturated rings. The first-order valence-electron chi connectivity index (χ1n) is 9.80. The summed E-state index contributed by atoms with van der Waals surface area (Å²) < 4.78 is 13.9. The number of amides is 2. The van der Waals surface area contributed by atoms with Crippen LogP contribution in [0, 0.1) is 5.82 Å². The highest BCUT2D eigenvalue weighted by Crippen LogP contribution is 2.29. The number of benzene rings is 2. The van der Waals surface area contributed by atoms with E-state index >= 15 is 0 Å². The molecule has 0 unspecified atom stereocenters. The number of para-hydroxylation sites is 1. The van der Waals surface area contributed by atoms with Crippen molar-refractivity contribution in [2.24, 2.45) is 0 Å². The second-order valence-electron chi connectivity index (χ2n) is 6.96. The van der Waals surface area contributed by atoms with Gasteiger partial charge in [-0.25, -0.2) is 4.39 Å². The van der Waals surface area contributed by atoms with E-state index in [1.54, 1.807) is 4.90 Å². The van der Waals surface area contributed by atoms with Gasteiger partial charge in [0.2, 0.25) is 11.0 Å². The molecular formula is C21H19ClFN5O2S2. The first-order chi connectivity index (χ1) is 15.5. The Bertz CT molecular complexity index is 1110. The smallest absolute Gasteiger partial charge is 0.255 e. The lowest BCUT2D eigenvalue weighted by molar-refractivity contribution is -0.113. The maximum absolute atomic E-state index is 13.2. The van der Waals surface area contributed by atoms with Gasteiger partial charge in [0.15, 0.2) is 4.34 Å². The summed E-state index contributed by atoms with van der Waals surface area (Å²) in [7, 11) is 0. The summed E-state index contributed by atoms with van der Waals surface area (Å²) in [4.78, 5) is 28.5. The maximum atomic E-state index is 13.2. The molecule has 0 atom stereocenters. The minimum absolute atomic E-state index is 0.107. The molecule has 7 nitrogen and oxygen atoms in total. The van der Waals surface area contributed by atoms with Crippen LogP contribution in [0.3, 0.4) is 0 Å². The second kappa shape index (κ2) is 10.3. The van der Waals surface area contributed by atoms with Crippen molar-refractivity contribution in [1.29, 1.82) is 0 Å². The van der Waals surface area contributed by atoms with Crippen molar-refractivity contribution in [3.05, 3.63) is 64.9 Å². The zero-order chi connectivity index (χ0) is 22.5. The van der Waals surface area contributed by atoms with Gasteiger partial charge in [0.25, 0.3) is 5.91 Å². The van der Waals surface area contributed by atoms with Crippen molar-refractivity contribution >= 4 is 57.3 Å². The first kappa shape index (κ1) is 22.5. The topological polar surface area (TPSA) is 78.4 Å². The molecule has 3 aromatic rings. The molecule has 11 heteroatoms. The van der Waals surface area contributed by atoms with Crippen LogP contribution in [0.25, 0.3) is 0 Å². The number of halogens is 2. The minimum Gasteiger partial charge on any atom is -0.343 e. The van der Waals surface area contributed by atoms with E-state index in [0.29, 0.717) is 36.1 Å². The average Bonchev–Trinajstić information content (AvgIpc) is 3.27. The van der Waals surface area contributed by atoms with Gasteiger partial charge >= 0.3 is 0 Å². The van der Waals surface area contributed by atoms with Crippen LogP contribution in [0.4, 0.5) is 15.2 Å². The standard InChI is InChI=1S/C21H19ClFN5O2S2/c22-17-12-14(23)6-7-16(17)19(30)27-8-10-28(11-9-27)20-25-26-21(32-20)31-13-18(29)24-15-4-2-1-3-5-15/h1-7,12H,8-11,13H2,(H,24,29). The highest BCUT2D eigenvalue weighted by atomic mass is 35.5. The molecule has 0 spiro atoms. The number of anilines is 2. The third kappa shape index (κ3) is 5.56. The van der Waals surface area contributed by atoms with Crippen LogP contribution in [-0.2, 0) is 4.79 Å². The van der Waals surface area contributed by atoms with Gasteiger partial charge in [0.1, 0.15) is 5.82 Å². The monoisotopic (exact) mass is 491 g/mol. The lowest BCUT2D eigenvalue weighted by atomic mass is 10.1. The first-order valence-corrected chi connectivity index (χ1v) is 12.0. The van der Waals surface area contributed by atoms with Crippen LogP contribution in [0.2, 0.25) is 5.02 Å². The number of carbonyl (C=O) groups excluding carboxylic acids is 2. The van der Waals surface area contributed by atoms with Gasteiger partial charge in [0, 0.05) is 31.9 Å². The molecule has 32 heavy (non-hydrogen) atoms.